The van der Waals surface area contributed by atoms with Gasteiger partial charge in [0.15, 0.2) is 0 Å². The number of benzene rings is 1. The average molecular weight is 302 g/mol. The van der Waals surface area contributed by atoms with Gasteiger partial charge in [0, 0.05) is 5.69 Å². The number of amides is 1. The van der Waals surface area contributed by atoms with E-state index in [1.165, 1.54) is 4.68 Å². The van der Waals surface area contributed by atoms with Gasteiger partial charge >= 0.3 is 5.69 Å². The van der Waals surface area contributed by atoms with Crippen molar-refractivity contribution in [3.05, 3.63) is 50.8 Å². The Bertz CT molecular complexity index is 749. The van der Waals surface area contributed by atoms with Crippen molar-refractivity contribution in [2.24, 2.45) is 0 Å². The molecule has 0 aliphatic rings. The maximum atomic E-state index is 12.1. The van der Waals surface area contributed by atoms with Crippen LogP contribution in [0.1, 0.15) is 22.5 Å². The first-order valence-electron chi connectivity index (χ1n) is 6.85. The van der Waals surface area contributed by atoms with E-state index in [4.69, 9.17) is 0 Å². The molecule has 116 valence electrons. The number of carbonyl (C=O) groups excluding carboxylic acids is 1. The molecule has 0 atom stereocenters. The number of nitrogens with one attached hydrogen (secondary N) is 1. The highest BCUT2D eigenvalue weighted by Gasteiger charge is 2.22. The van der Waals surface area contributed by atoms with Crippen molar-refractivity contribution in [1.82, 2.24) is 9.78 Å². The van der Waals surface area contributed by atoms with Gasteiger partial charge in [-0.25, -0.2) is 0 Å². The molecule has 0 fully saturated rings. The van der Waals surface area contributed by atoms with Crippen LogP contribution < -0.4 is 5.32 Å². The van der Waals surface area contributed by atoms with Gasteiger partial charge in [-0.3, -0.25) is 19.6 Å². The van der Waals surface area contributed by atoms with Crippen molar-refractivity contribution in [3.63, 3.8) is 0 Å². The van der Waals surface area contributed by atoms with Crippen molar-refractivity contribution in [1.29, 1.82) is 0 Å². The third-order valence-electron chi connectivity index (χ3n) is 3.70. The van der Waals surface area contributed by atoms with Gasteiger partial charge in [-0.05, 0) is 44.9 Å². The van der Waals surface area contributed by atoms with Gasteiger partial charge in [-0.1, -0.05) is 12.1 Å². The quantitative estimate of drug-likeness (QED) is 0.694. The summed E-state index contributed by atoms with van der Waals surface area (Å²) < 4.78 is 1.36. The Labute approximate surface area is 128 Å². The van der Waals surface area contributed by atoms with E-state index in [1.807, 2.05) is 32.0 Å². The Morgan fingerprint density at radius 2 is 2.00 bits per heavy atom. The fourth-order valence-corrected chi connectivity index (χ4v) is 2.32. The van der Waals surface area contributed by atoms with E-state index >= 15 is 0 Å². The first-order valence-corrected chi connectivity index (χ1v) is 6.85. The van der Waals surface area contributed by atoms with E-state index in [-0.39, 0.29) is 18.1 Å². The molecule has 0 saturated heterocycles. The van der Waals surface area contributed by atoms with Crippen molar-refractivity contribution in [2.45, 2.75) is 34.2 Å². The molecule has 1 heterocycles. The molecule has 2 aromatic rings. The number of aromatic nitrogens is 2. The average Bonchev–Trinajstić information content (AvgIpc) is 2.69. The lowest BCUT2D eigenvalue weighted by Crippen LogP contribution is -2.21. The Kier molecular flexibility index (Phi) is 4.25. The van der Waals surface area contributed by atoms with Crippen molar-refractivity contribution in [2.75, 3.05) is 5.32 Å². The molecule has 22 heavy (non-hydrogen) atoms. The zero-order chi connectivity index (χ0) is 16.4. The second-order valence-electron chi connectivity index (χ2n) is 5.23. The van der Waals surface area contributed by atoms with Gasteiger partial charge in [0.25, 0.3) is 0 Å². The summed E-state index contributed by atoms with van der Waals surface area (Å²) in [6.07, 6.45) is 0. The van der Waals surface area contributed by atoms with Crippen LogP contribution in [0.4, 0.5) is 11.4 Å². The number of hydrogen-bond acceptors (Lipinski definition) is 4. The highest BCUT2D eigenvalue weighted by molar-refractivity contribution is 5.91. The molecular weight excluding hydrogens is 284 g/mol. The summed E-state index contributed by atoms with van der Waals surface area (Å²) in [5.41, 5.74) is 3.45. The fraction of sp³-hybridized carbons (Fsp3) is 0.333. The SMILES string of the molecule is Cc1cccc(NC(=O)Cn2nc(C)c([N+](=O)[O-])c2C)c1C. The molecular formula is C15H18N4O3. The molecule has 0 bridgehead atoms. The Morgan fingerprint density at radius 3 is 2.59 bits per heavy atom. The minimum absolute atomic E-state index is 0.0421. The molecule has 1 N–H and O–H groups in total. The summed E-state index contributed by atoms with van der Waals surface area (Å²) in [5.74, 6) is -0.269. The third-order valence-corrected chi connectivity index (χ3v) is 3.70. The molecule has 0 aliphatic heterocycles. The molecule has 7 nitrogen and oxygen atoms in total. The predicted molar refractivity (Wildman–Crippen MR) is 82.9 cm³/mol. The Hall–Kier alpha value is -2.70. The van der Waals surface area contributed by atoms with Crippen LogP contribution in [0.25, 0.3) is 0 Å². The maximum Gasteiger partial charge on any atom is 0.312 e. The minimum atomic E-state index is -0.475. The monoisotopic (exact) mass is 302 g/mol. The lowest BCUT2D eigenvalue weighted by molar-refractivity contribution is -0.386. The highest BCUT2D eigenvalue weighted by atomic mass is 16.6. The number of hydrogen-bond donors (Lipinski definition) is 1. The topological polar surface area (TPSA) is 90.1 Å². The number of carbonyl (C=O) groups is 1. The normalized spacial score (nSPS) is 10.5. The first kappa shape index (κ1) is 15.7. The molecule has 7 heteroatoms. The number of aryl methyl sites for hydroxylation is 2. The van der Waals surface area contributed by atoms with Gasteiger partial charge in [0.1, 0.15) is 17.9 Å². The molecule has 1 amide bonds. The van der Waals surface area contributed by atoms with E-state index in [2.05, 4.69) is 10.4 Å². The molecule has 0 unspecified atom stereocenters. The molecule has 0 spiro atoms. The zero-order valence-electron chi connectivity index (χ0n) is 13.0. The van der Waals surface area contributed by atoms with Crippen molar-refractivity contribution in [3.8, 4) is 0 Å². The number of nitrogens with zero attached hydrogens (tertiary/aromatic N) is 3. The Balaban J connectivity index is 2.18. The van der Waals surface area contributed by atoms with Crippen LogP contribution in [0.5, 0.6) is 0 Å². The minimum Gasteiger partial charge on any atom is -0.324 e. The van der Waals surface area contributed by atoms with Crippen LogP contribution >= 0.6 is 0 Å². The lowest BCUT2D eigenvalue weighted by Gasteiger charge is -2.10. The summed E-state index contributed by atoms with van der Waals surface area (Å²) in [5, 5.41) is 17.8. The molecule has 0 aliphatic carbocycles. The van der Waals surface area contributed by atoms with Gasteiger partial charge in [0.2, 0.25) is 5.91 Å². The van der Waals surface area contributed by atoms with Crippen LogP contribution in [0, 0.1) is 37.8 Å². The highest BCUT2D eigenvalue weighted by Crippen LogP contribution is 2.22. The molecule has 2 rings (SSSR count). The molecule has 0 saturated carbocycles. The smallest absolute Gasteiger partial charge is 0.312 e. The summed E-state index contributed by atoms with van der Waals surface area (Å²) in [6, 6.07) is 5.66. The van der Waals surface area contributed by atoms with Crippen molar-refractivity contribution < 1.29 is 9.72 Å². The van der Waals surface area contributed by atoms with E-state index < -0.39 is 4.92 Å². The van der Waals surface area contributed by atoms with Gasteiger partial charge in [0.05, 0.1) is 4.92 Å². The summed E-state index contributed by atoms with van der Waals surface area (Å²) in [6.45, 7) is 6.98. The van der Waals surface area contributed by atoms with Crippen LogP contribution in [-0.4, -0.2) is 20.6 Å². The Morgan fingerprint density at radius 1 is 1.32 bits per heavy atom. The molecule has 1 aromatic carbocycles. The number of nitro groups is 1. The zero-order valence-corrected chi connectivity index (χ0v) is 13.0. The molecule has 0 radical (unpaired) electrons. The number of rotatable bonds is 4. The standard InChI is InChI=1S/C15H18N4O3/c1-9-6-5-7-13(10(9)2)16-14(20)8-18-12(4)15(19(21)22)11(3)17-18/h5-7H,8H2,1-4H3,(H,16,20). The number of anilines is 1. The van der Waals surface area contributed by atoms with E-state index in [0.29, 0.717) is 11.4 Å². The largest absolute Gasteiger partial charge is 0.324 e. The summed E-state index contributed by atoms with van der Waals surface area (Å²) >= 11 is 0. The lowest BCUT2D eigenvalue weighted by atomic mass is 10.1. The van der Waals surface area contributed by atoms with Crippen LogP contribution in [0.2, 0.25) is 0 Å². The van der Waals surface area contributed by atoms with Crippen molar-refractivity contribution >= 4 is 17.3 Å². The van der Waals surface area contributed by atoms with Gasteiger partial charge in [-0.2, -0.15) is 5.10 Å². The van der Waals surface area contributed by atoms with Gasteiger partial charge < -0.3 is 5.32 Å². The fourth-order valence-electron chi connectivity index (χ4n) is 2.32. The van der Waals surface area contributed by atoms with Crippen LogP contribution in [0.15, 0.2) is 18.2 Å². The second-order valence-corrected chi connectivity index (χ2v) is 5.23. The third kappa shape index (κ3) is 2.98. The van der Waals surface area contributed by atoms with E-state index in [0.717, 1.165) is 16.8 Å². The predicted octanol–water partition coefficient (Wildman–Crippen LogP) is 2.66. The van der Waals surface area contributed by atoms with Crippen LogP contribution in [0.3, 0.4) is 0 Å². The maximum absolute atomic E-state index is 12.1. The summed E-state index contributed by atoms with van der Waals surface area (Å²) in [7, 11) is 0. The summed E-state index contributed by atoms with van der Waals surface area (Å²) in [4.78, 5) is 22.6. The van der Waals surface area contributed by atoms with Crippen LogP contribution in [-0.2, 0) is 11.3 Å². The van der Waals surface area contributed by atoms with E-state index in [9.17, 15) is 14.9 Å². The van der Waals surface area contributed by atoms with Gasteiger partial charge in [-0.15, -0.1) is 0 Å². The molecule has 1 aromatic heterocycles. The second kappa shape index (κ2) is 5.97. The first-order chi connectivity index (χ1) is 10.3. The van der Waals surface area contributed by atoms with E-state index in [1.54, 1.807) is 13.8 Å².